The van der Waals surface area contributed by atoms with Gasteiger partial charge in [0.2, 0.25) is 10.0 Å². The molecule has 0 bridgehead atoms. The smallest absolute Gasteiger partial charge is 0.282 e. The van der Waals surface area contributed by atoms with Crippen LogP contribution in [0.1, 0.15) is 43.7 Å². The largest absolute Gasteiger partial charge is 0.295 e. The van der Waals surface area contributed by atoms with Gasteiger partial charge in [-0.1, -0.05) is 68.4 Å². The predicted molar refractivity (Wildman–Crippen MR) is 145 cm³/mol. The van der Waals surface area contributed by atoms with Gasteiger partial charge in [-0.15, -0.1) is 0 Å². The van der Waals surface area contributed by atoms with E-state index >= 15 is 0 Å². The summed E-state index contributed by atoms with van der Waals surface area (Å²) < 4.78 is 61.7. The molecule has 1 radical (unpaired) electrons. The van der Waals surface area contributed by atoms with E-state index in [0.717, 1.165) is 27.5 Å². The Balaban J connectivity index is 0.00000361. The third kappa shape index (κ3) is 6.55. The molecule has 2 aliphatic rings. The first-order chi connectivity index (χ1) is 16.6. The maximum atomic E-state index is 12.7. The van der Waals surface area contributed by atoms with Crippen LogP contribution in [-0.2, 0) is 26.6 Å². The number of fused-ring (bicyclic) bond motifs is 2. The third-order valence-corrected chi connectivity index (χ3v) is 8.58. The number of hydrogen-bond acceptors (Lipinski definition) is 4. The van der Waals surface area contributed by atoms with E-state index in [1.807, 2.05) is 42.5 Å². The van der Waals surface area contributed by atoms with Crippen molar-refractivity contribution in [2.45, 2.75) is 48.8 Å². The Morgan fingerprint density at radius 3 is 2.14 bits per heavy atom. The van der Waals surface area contributed by atoms with Crippen LogP contribution in [-0.4, -0.2) is 57.5 Å². The maximum absolute atomic E-state index is 12.7. The molecule has 9 heteroatoms. The third-order valence-electron chi connectivity index (χ3n) is 6.23. The van der Waals surface area contributed by atoms with Gasteiger partial charge in [0.15, 0.2) is 0 Å². The molecule has 4 rings (SSSR count). The molecular weight excluding hydrogens is 505 g/mol. The van der Waals surface area contributed by atoms with Gasteiger partial charge in [-0.25, -0.2) is 13.1 Å². The molecule has 0 saturated carbocycles. The molecule has 0 amide bonds. The zero-order valence-corrected chi connectivity index (χ0v) is 24.4. The van der Waals surface area contributed by atoms with Crippen molar-refractivity contribution in [1.29, 1.82) is 0 Å². The number of unbranched alkanes of at least 4 members (excludes halogenated alkanes) is 1. The van der Waals surface area contributed by atoms with E-state index in [0.29, 0.717) is 24.8 Å². The van der Waals surface area contributed by atoms with E-state index in [-0.39, 0.29) is 51.8 Å². The number of benzene rings is 2. The van der Waals surface area contributed by atoms with E-state index in [1.54, 1.807) is 24.3 Å². The molecule has 2 aromatic rings. The molecule has 0 atom stereocenters. The van der Waals surface area contributed by atoms with E-state index in [4.69, 9.17) is 0 Å². The Hall–Kier alpha value is -1.78. The summed E-state index contributed by atoms with van der Waals surface area (Å²) in [6, 6.07) is 21.7. The summed E-state index contributed by atoms with van der Waals surface area (Å²) in [6.45, 7) is 4.39. The van der Waals surface area contributed by atoms with Crippen molar-refractivity contribution in [2.24, 2.45) is 0 Å². The normalized spacial score (nSPS) is 12.2. The Morgan fingerprint density at radius 1 is 0.806 bits per heavy atom. The molecule has 2 aromatic carbocycles. The van der Waals surface area contributed by atoms with E-state index in [1.165, 1.54) is 6.07 Å². The molecule has 2 N–H and O–H groups in total. The molecule has 0 heterocycles. The van der Waals surface area contributed by atoms with E-state index < -0.39 is 20.1 Å². The van der Waals surface area contributed by atoms with Gasteiger partial charge in [-0.2, -0.15) is 8.42 Å². The van der Waals surface area contributed by atoms with Crippen molar-refractivity contribution >= 4 is 60.5 Å². The van der Waals surface area contributed by atoms with Gasteiger partial charge >= 0.3 is 0 Å². The minimum atomic E-state index is -4.36. The Bertz CT molecular complexity index is 1550. The molecule has 185 valence electrons. The zero-order chi connectivity index (χ0) is 25.2. The van der Waals surface area contributed by atoms with Crippen LogP contribution < -0.4 is 4.72 Å². The van der Waals surface area contributed by atoms with Crippen molar-refractivity contribution in [1.82, 2.24) is 4.72 Å². The van der Waals surface area contributed by atoms with Crippen molar-refractivity contribution in [3.05, 3.63) is 83.9 Å². The fourth-order valence-electron chi connectivity index (χ4n) is 4.27. The first-order valence-electron chi connectivity index (χ1n) is 11.6. The van der Waals surface area contributed by atoms with Crippen molar-refractivity contribution in [3.63, 3.8) is 0 Å². The molecular formula is C27H29NNaO5S2. The predicted octanol–water partition coefficient (Wildman–Crippen LogP) is 5.24. The molecule has 0 fully saturated rings. The molecule has 0 unspecified atom stereocenters. The van der Waals surface area contributed by atoms with E-state index in [2.05, 4.69) is 18.6 Å². The standard InChI is InChI=1S/C27H29NO5S2.Na/c1-19(2)20-11-14-25-23(18-27(35(31,32)33)26(25)15-12-20)9-5-6-16-28-34(29,30)24-13-10-21-7-3-4-8-22(21)17-24;/h3-4,7-8,10-15,17-19,28H,5-6,9,16H2,1-2H3,(H,31,32,33);. The number of rotatable bonds is 9. The average Bonchev–Trinajstić information content (AvgIpc) is 3.01. The molecule has 2 aliphatic carbocycles. The van der Waals surface area contributed by atoms with Gasteiger partial charge in [0.05, 0.1) is 4.90 Å². The molecule has 6 nitrogen and oxygen atoms in total. The summed E-state index contributed by atoms with van der Waals surface area (Å²) in [6.07, 6.45) is 1.79. The fraction of sp³-hybridized carbons (Fsp3) is 0.259. The maximum Gasteiger partial charge on any atom is 0.295 e. The second kappa shape index (κ2) is 11.7. The summed E-state index contributed by atoms with van der Waals surface area (Å²) >= 11 is 0. The SMILES string of the molecule is CC(C)c1ccc2c(CCCCNS(=O)(=O)c3ccc4ccccc4c3)cc(S(=O)(=O)O)c-2cc1.[Na]. The van der Waals surface area contributed by atoms with Crippen LogP contribution in [0, 0.1) is 0 Å². The first kappa shape index (κ1) is 28.8. The summed E-state index contributed by atoms with van der Waals surface area (Å²) in [7, 11) is -8.00. The van der Waals surface area contributed by atoms with Gasteiger partial charge in [0, 0.05) is 41.7 Å². The summed E-state index contributed by atoms with van der Waals surface area (Å²) in [5.74, 6) is 0.278. The topological polar surface area (TPSA) is 101 Å². The zero-order valence-electron chi connectivity index (χ0n) is 20.7. The van der Waals surface area contributed by atoms with Crippen LogP contribution in [0.15, 0.2) is 82.6 Å². The van der Waals surface area contributed by atoms with Crippen LogP contribution in [0.5, 0.6) is 0 Å². The molecule has 0 spiro atoms. The molecule has 0 aliphatic heterocycles. The second-order valence-corrected chi connectivity index (χ2v) is 12.2. The van der Waals surface area contributed by atoms with Crippen molar-refractivity contribution in [2.75, 3.05) is 6.54 Å². The molecule has 36 heavy (non-hydrogen) atoms. The van der Waals surface area contributed by atoms with Gasteiger partial charge in [0.1, 0.15) is 4.90 Å². The minimum Gasteiger partial charge on any atom is -0.282 e. The first-order valence-corrected chi connectivity index (χ1v) is 14.5. The van der Waals surface area contributed by atoms with E-state index in [9.17, 15) is 21.4 Å². The minimum absolute atomic E-state index is 0. The van der Waals surface area contributed by atoms with Gasteiger partial charge in [0.25, 0.3) is 10.1 Å². The monoisotopic (exact) mass is 534 g/mol. The van der Waals surface area contributed by atoms with Gasteiger partial charge in [-0.3, -0.25) is 4.55 Å². The van der Waals surface area contributed by atoms with Crippen molar-refractivity contribution in [3.8, 4) is 11.1 Å². The van der Waals surface area contributed by atoms with Crippen LogP contribution >= 0.6 is 0 Å². The Morgan fingerprint density at radius 2 is 1.47 bits per heavy atom. The van der Waals surface area contributed by atoms with Gasteiger partial charge in [-0.05, 0) is 70.8 Å². The molecule has 0 saturated heterocycles. The quantitative estimate of drug-likeness (QED) is 0.174. The second-order valence-electron chi connectivity index (χ2n) is 9.02. The summed E-state index contributed by atoms with van der Waals surface area (Å²) in [4.78, 5) is 0.134. The number of sulfonamides is 1. The average molecular weight is 535 g/mol. The number of aryl methyl sites for hydroxylation is 1. The van der Waals surface area contributed by atoms with Gasteiger partial charge < -0.3 is 0 Å². The summed E-state index contributed by atoms with van der Waals surface area (Å²) in [5, 5.41) is 1.84. The van der Waals surface area contributed by atoms with Crippen LogP contribution in [0.2, 0.25) is 0 Å². The van der Waals surface area contributed by atoms with Crippen molar-refractivity contribution < 1.29 is 21.4 Å². The molecule has 0 aromatic heterocycles. The van der Waals surface area contributed by atoms with Crippen LogP contribution in [0.4, 0.5) is 0 Å². The number of nitrogens with one attached hydrogen (secondary N) is 1. The summed E-state index contributed by atoms with van der Waals surface area (Å²) in [5.41, 5.74) is 3.15. The Labute approximate surface area is 235 Å². The fourth-order valence-corrected chi connectivity index (χ4v) is 6.13. The Kier molecular flexibility index (Phi) is 9.38. The number of hydrogen-bond donors (Lipinski definition) is 2. The van der Waals surface area contributed by atoms with Crippen LogP contribution in [0.3, 0.4) is 0 Å². The van der Waals surface area contributed by atoms with Crippen LogP contribution in [0.25, 0.3) is 21.9 Å².